The molecule has 5 heteroatoms. The highest BCUT2D eigenvalue weighted by molar-refractivity contribution is 7.78. The van der Waals surface area contributed by atoms with Crippen LogP contribution in [0.15, 0.2) is 6.20 Å². The number of thiocarbonyl (C=S) groups is 1. The first-order valence-electron chi connectivity index (χ1n) is 3.27. The summed E-state index contributed by atoms with van der Waals surface area (Å²) in [7, 11) is 0. The van der Waals surface area contributed by atoms with Crippen molar-refractivity contribution in [3.05, 3.63) is 11.8 Å². The first-order chi connectivity index (χ1) is 5.66. The number of aryl methyl sites for hydroxylation is 1. The van der Waals surface area contributed by atoms with Crippen molar-refractivity contribution < 1.29 is 4.74 Å². The highest BCUT2D eigenvalue weighted by atomic mass is 32.1. The molecule has 1 heterocycles. The smallest absolute Gasteiger partial charge is 0.192 e. The number of rotatable bonds is 2. The topological polar surface area (TPSA) is 74.2 Å². The Morgan fingerprint density at radius 2 is 2.25 bits per heavy atom. The minimum absolute atomic E-state index is 0.249. The second-order valence-corrected chi connectivity index (χ2v) is 2.48. The number of pyridine rings is 1. The SMILES string of the molecule is Cc1cnc(N)c(OC=S)c1N. The maximum atomic E-state index is 5.66. The van der Waals surface area contributed by atoms with E-state index in [1.54, 1.807) is 6.20 Å². The van der Waals surface area contributed by atoms with Gasteiger partial charge < -0.3 is 16.2 Å². The van der Waals surface area contributed by atoms with Gasteiger partial charge in [0, 0.05) is 6.20 Å². The molecule has 0 atom stereocenters. The molecule has 4 N–H and O–H groups in total. The Morgan fingerprint density at radius 1 is 1.58 bits per heavy atom. The van der Waals surface area contributed by atoms with Crippen molar-refractivity contribution >= 4 is 29.3 Å². The summed E-state index contributed by atoms with van der Waals surface area (Å²) < 4.78 is 4.93. The number of nitrogens with zero attached hydrogens (tertiary/aromatic N) is 1. The van der Waals surface area contributed by atoms with E-state index in [1.807, 2.05) is 6.92 Å². The second-order valence-electron chi connectivity index (χ2n) is 2.28. The van der Waals surface area contributed by atoms with Crippen molar-refractivity contribution in [3.8, 4) is 5.75 Å². The molecule has 0 aromatic carbocycles. The largest absolute Gasteiger partial charge is 0.448 e. The number of hydrogen-bond donors (Lipinski definition) is 2. The number of aromatic nitrogens is 1. The van der Waals surface area contributed by atoms with Gasteiger partial charge in [-0.1, -0.05) is 0 Å². The third kappa shape index (κ3) is 1.45. The fraction of sp³-hybridized carbons (Fsp3) is 0.143. The molecule has 0 aliphatic rings. The summed E-state index contributed by atoms with van der Waals surface area (Å²) in [4.78, 5) is 3.86. The van der Waals surface area contributed by atoms with Gasteiger partial charge in [0.15, 0.2) is 17.1 Å². The van der Waals surface area contributed by atoms with Gasteiger partial charge >= 0.3 is 0 Å². The van der Waals surface area contributed by atoms with Crippen molar-refractivity contribution in [2.24, 2.45) is 0 Å². The second kappa shape index (κ2) is 3.36. The van der Waals surface area contributed by atoms with Crippen LogP contribution < -0.4 is 16.2 Å². The third-order valence-electron chi connectivity index (χ3n) is 1.47. The number of hydrogen-bond acceptors (Lipinski definition) is 5. The molecule has 0 saturated heterocycles. The summed E-state index contributed by atoms with van der Waals surface area (Å²) >= 11 is 4.51. The van der Waals surface area contributed by atoms with Gasteiger partial charge in [0.1, 0.15) is 0 Å². The lowest BCUT2D eigenvalue weighted by atomic mass is 10.2. The van der Waals surface area contributed by atoms with Crippen LogP contribution in [-0.2, 0) is 0 Å². The minimum Gasteiger partial charge on any atom is -0.448 e. The van der Waals surface area contributed by atoms with E-state index in [4.69, 9.17) is 16.2 Å². The minimum atomic E-state index is 0.249. The van der Waals surface area contributed by atoms with E-state index in [0.717, 1.165) is 11.1 Å². The maximum absolute atomic E-state index is 5.66. The van der Waals surface area contributed by atoms with E-state index in [1.165, 1.54) is 0 Å². The van der Waals surface area contributed by atoms with Crippen LogP contribution in [0, 0.1) is 6.92 Å². The summed E-state index contributed by atoms with van der Waals surface area (Å²) in [5, 5.41) is 0. The molecule has 0 amide bonds. The van der Waals surface area contributed by atoms with Gasteiger partial charge in [-0.05, 0) is 24.7 Å². The van der Waals surface area contributed by atoms with Crippen LogP contribution in [0.1, 0.15) is 5.56 Å². The first-order valence-corrected chi connectivity index (χ1v) is 3.74. The van der Waals surface area contributed by atoms with Gasteiger partial charge in [0.25, 0.3) is 0 Å². The predicted octanol–water partition coefficient (Wildman–Crippen LogP) is 0.890. The van der Waals surface area contributed by atoms with Gasteiger partial charge in [-0.3, -0.25) is 0 Å². The average molecular weight is 183 g/mol. The van der Waals surface area contributed by atoms with Gasteiger partial charge in [-0.15, -0.1) is 0 Å². The lowest BCUT2D eigenvalue weighted by molar-refractivity contribution is 0.588. The highest BCUT2D eigenvalue weighted by Gasteiger charge is 2.07. The number of anilines is 2. The molecule has 0 fully saturated rings. The molecule has 0 saturated carbocycles. The van der Waals surface area contributed by atoms with E-state index < -0.39 is 0 Å². The van der Waals surface area contributed by atoms with Crippen LogP contribution in [-0.4, -0.2) is 10.5 Å². The molecular formula is C7H9N3OS. The molecule has 0 spiro atoms. The lowest BCUT2D eigenvalue weighted by Crippen LogP contribution is -2.02. The van der Waals surface area contributed by atoms with Crippen LogP contribution in [0.3, 0.4) is 0 Å². The Balaban J connectivity index is 3.22. The van der Waals surface area contributed by atoms with Crippen molar-refractivity contribution in [1.29, 1.82) is 0 Å². The van der Waals surface area contributed by atoms with E-state index in [9.17, 15) is 0 Å². The fourth-order valence-electron chi connectivity index (χ4n) is 0.784. The van der Waals surface area contributed by atoms with Gasteiger partial charge in [-0.2, -0.15) is 0 Å². The van der Waals surface area contributed by atoms with Gasteiger partial charge in [0.2, 0.25) is 0 Å². The van der Waals surface area contributed by atoms with E-state index >= 15 is 0 Å². The van der Waals surface area contributed by atoms with Crippen molar-refractivity contribution in [3.63, 3.8) is 0 Å². The monoisotopic (exact) mass is 183 g/mol. The third-order valence-corrected chi connectivity index (χ3v) is 1.56. The first kappa shape index (κ1) is 8.73. The normalized spacial score (nSPS) is 9.42. The van der Waals surface area contributed by atoms with E-state index in [-0.39, 0.29) is 5.82 Å². The standard InChI is InChI=1S/C7H9N3OS/c1-4-2-10-7(9)6(5(4)8)11-3-12/h2-3H,1H3,(H4,8,9,10). The molecule has 0 aliphatic carbocycles. The molecule has 1 aromatic heterocycles. The Hall–Kier alpha value is -1.36. The molecule has 1 aromatic rings. The van der Waals surface area contributed by atoms with Crippen molar-refractivity contribution in [2.75, 3.05) is 11.5 Å². The van der Waals surface area contributed by atoms with Crippen LogP contribution in [0.25, 0.3) is 0 Å². The average Bonchev–Trinajstić information content (AvgIpc) is 2.06. The summed E-state index contributed by atoms with van der Waals surface area (Å²) in [6, 6.07) is 0. The molecule has 1 rings (SSSR count). The Bertz CT molecular complexity index is 314. The molecule has 0 bridgehead atoms. The molecule has 4 nitrogen and oxygen atoms in total. The van der Waals surface area contributed by atoms with Gasteiger partial charge in [0.05, 0.1) is 5.69 Å². The molecule has 64 valence electrons. The number of nitrogens with two attached hydrogens (primary N) is 2. The van der Waals surface area contributed by atoms with Crippen LogP contribution in [0.2, 0.25) is 0 Å². The zero-order valence-electron chi connectivity index (χ0n) is 6.57. The predicted molar refractivity (Wildman–Crippen MR) is 52.1 cm³/mol. The zero-order chi connectivity index (χ0) is 9.14. The number of ether oxygens (including phenoxy) is 1. The van der Waals surface area contributed by atoms with Crippen LogP contribution >= 0.6 is 12.2 Å². The summed E-state index contributed by atoms with van der Waals surface area (Å²) in [6.07, 6.45) is 1.58. The van der Waals surface area contributed by atoms with Crippen LogP contribution in [0.4, 0.5) is 11.5 Å². The van der Waals surface area contributed by atoms with E-state index in [0.29, 0.717) is 11.4 Å². The molecule has 0 aliphatic heterocycles. The quantitative estimate of drug-likeness (QED) is 0.666. The van der Waals surface area contributed by atoms with Crippen molar-refractivity contribution in [2.45, 2.75) is 6.92 Å². The summed E-state index contributed by atoms with van der Waals surface area (Å²) in [6.45, 7) is 1.82. The molecule has 0 unspecified atom stereocenters. The highest BCUT2D eigenvalue weighted by Crippen LogP contribution is 2.28. The molecular weight excluding hydrogens is 174 g/mol. The maximum Gasteiger partial charge on any atom is 0.192 e. The lowest BCUT2D eigenvalue weighted by Gasteiger charge is -2.07. The van der Waals surface area contributed by atoms with Crippen molar-refractivity contribution in [1.82, 2.24) is 4.98 Å². The zero-order valence-corrected chi connectivity index (χ0v) is 7.39. The fourth-order valence-corrected chi connectivity index (χ4v) is 0.880. The Morgan fingerprint density at radius 3 is 2.83 bits per heavy atom. The van der Waals surface area contributed by atoms with Crippen LogP contribution in [0.5, 0.6) is 5.75 Å². The molecule has 12 heavy (non-hydrogen) atoms. The molecule has 0 radical (unpaired) electrons. The Kier molecular flexibility index (Phi) is 2.44. The number of nitrogen functional groups attached to an aromatic ring is 2. The van der Waals surface area contributed by atoms with Gasteiger partial charge in [-0.25, -0.2) is 4.98 Å². The van der Waals surface area contributed by atoms with E-state index in [2.05, 4.69) is 17.2 Å². The summed E-state index contributed by atoms with van der Waals surface area (Å²) in [5.41, 5.74) is 13.5. The Labute approximate surface area is 75.5 Å². The summed E-state index contributed by atoms with van der Waals surface area (Å²) in [5.74, 6) is 0.587.